The van der Waals surface area contributed by atoms with Gasteiger partial charge in [0.05, 0.1) is 25.1 Å². The number of aliphatic hydroxyl groups excluding tert-OH is 1. The summed E-state index contributed by atoms with van der Waals surface area (Å²) < 4.78 is 34.2. The monoisotopic (exact) mass is 316 g/mol. The number of rotatable bonds is 5. The molecule has 2 unspecified atom stereocenters. The predicted octanol–water partition coefficient (Wildman–Crippen LogP) is 1.79. The van der Waals surface area contributed by atoms with Gasteiger partial charge in [-0.25, -0.2) is 8.42 Å². The van der Waals surface area contributed by atoms with Crippen LogP contribution in [0.2, 0.25) is 0 Å². The van der Waals surface area contributed by atoms with E-state index in [9.17, 15) is 13.5 Å². The van der Waals surface area contributed by atoms with Gasteiger partial charge in [-0.1, -0.05) is 11.6 Å². The molecule has 1 N–H and O–H groups in total. The van der Waals surface area contributed by atoms with Crippen LogP contribution in [-0.4, -0.2) is 44.4 Å². The molecule has 5 nitrogen and oxygen atoms in total. The summed E-state index contributed by atoms with van der Waals surface area (Å²) >= 11 is 0. The lowest BCUT2D eigenvalue weighted by Crippen LogP contribution is -2.26. The zero-order valence-corrected chi connectivity index (χ0v) is 13.6. The van der Waals surface area contributed by atoms with E-state index < -0.39 is 21.7 Å². The van der Waals surface area contributed by atoms with Gasteiger partial charge in [0, 0.05) is 17.7 Å². The maximum Gasteiger partial charge on any atom is 0.172 e. The first kappa shape index (κ1) is 16.7. The molecule has 0 bridgehead atoms. The van der Waals surface area contributed by atoms with E-state index in [0.29, 0.717) is 13.2 Å². The van der Waals surface area contributed by atoms with Crippen LogP contribution >= 0.6 is 0 Å². The van der Waals surface area contributed by atoms with Gasteiger partial charge in [0.15, 0.2) is 15.6 Å². The normalized spacial score (nSPS) is 29.4. The molecule has 0 spiro atoms. The summed E-state index contributed by atoms with van der Waals surface area (Å²) in [4.78, 5) is 0. The van der Waals surface area contributed by atoms with Crippen LogP contribution in [0.15, 0.2) is 22.6 Å². The molecule has 2 aliphatic heterocycles. The molecule has 0 radical (unpaired) electrons. The molecule has 0 saturated carbocycles. The highest BCUT2D eigenvalue weighted by molar-refractivity contribution is 7.94. The van der Waals surface area contributed by atoms with Crippen molar-refractivity contribution < 1.29 is 23.0 Å². The van der Waals surface area contributed by atoms with E-state index in [1.54, 1.807) is 6.92 Å². The molecule has 2 heterocycles. The van der Waals surface area contributed by atoms with E-state index in [1.807, 2.05) is 19.9 Å². The first-order chi connectivity index (χ1) is 9.72. The fourth-order valence-electron chi connectivity index (χ4n) is 2.84. The van der Waals surface area contributed by atoms with Crippen molar-refractivity contribution >= 4 is 9.84 Å². The standard InChI is InChI=1S/C15H24O5S/c1-11(5-4-6-15(3)19-7-8-20-15)14(16)13-10-21(17,18)9-12(13)2/h5,9,13-14,16H,4,6-8,10H2,1-3H3/b11-5-. The minimum atomic E-state index is -3.16. The highest BCUT2D eigenvalue weighted by atomic mass is 32.2. The van der Waals surface area contributed by atoms with E-state index in [-0.39, 0.29) is 11.7 Å². The summed E-state index contributed by atoms with van der Waals surface area (Å²) in [5.74, 6) is -0.871. The molecule has 2 atom stereocenters. The quantitative estimate of drug-likeness (QED) is 0.783. The summed E-state index contributed by atoms with van der Waals surface area (Å²) in [6.07, 6.45) is 2.63. The lowest BCUT2D eigenvalue weighted by molar-refractivity contribution is -0.145. The van der Waals surface area contributed by atoms with Crippen molar-refractivity contribution in [3.05, 3.63) is 22.6 Å². The van der Waals surface area contributed by atoms with E-state index in [4.69, 9.17) is 9.47 Å². The highest BCUT2D eigenvalue weighted by Gasteiger charge is 2.33. The summed E-state index contributed by atoms with van der Waals surface area (Å²) in [5, 5.41) is 11.6. The number of hydrogen-bond donors (Lipinski definition) is 1. The molecule has 0 aromatic heterocycles. The maximum absolute atomic E-state index is 11.6. The first-order valence-electron chi connectivity index (χ1n) is 7.26. The van der Waals surface area contributed by atoms with Crippen LogP contribution in [0, 0.1) is 5.92 Å². The van der Waals surface area contributed by atoms with E-state index in [1.165, 1.54) is 5.41 Å². The Labute approximate surface area is 126 Å². The van der Waals surface area contributed by atoms with Gasteiger partial charge in [-0.2, -0.15) is 0 Å². The van der Waals surface area contributed by atoms with Crippen LogP contribution < -0.4 is 0 Å². The summed E-state index contributed by atoms with van der Waals surface area (Å²) in [5.41, 5.74) is 1.52. The minimum Gasteiger partial charge on any atom is -0.388 e. The molecular weight excluding hydrogens is 292 g/mol. The average molecular weight is 316 g/mol. The van der Waals surface area contributed by atoms with Crippen molar-refractivity contribution in [1.29, 1.82) is 0 Å². The average Bonchev–Trinajstić information content (AvgIpc) is 2.92. The van der Waals surface area contributed by atoms with Crippen LogP contribution in [0.1, 0.15) is 33.6 Å². The Morgan fingerprint density at radius 2 is 2.14 bits per heavy atom. The molecule has 2 aliphatic rings. The maximum atomic E-state index is 11.6. The van der Waals surface area contributed by atoms with Gasteiger partial charge >= 0.3 is 0 Å². The van der Waals surface area contributed by atoms with Gasteiger partial charge in [-0.15, -0.1) is 0 Å². The molecule has 0 amide bonds. The van der Waals surface area contributed by atoms with E-state index >= 15 is 0 Å². The number of ether oxygens (including phenoxy) is 2. The lowest BCUT2D eigenvalue weighted by atomic mass is 9.92. The molecule has 0 aromatic carbocycles. The van der Waals surface area contributed by atoms with Crippen molar-refractivity contribution in [3.8, 4) is 0 Å². The van der Waals surface area contributed by atoms with Crippen molar-refractivity contribution in [2.45, 2.75) is 45.5 Å². The third-order valence-corrected chi connectivity index (χ3v) is 5.73. The molecule has 0 aliphatic carbocycles. The van der Waals surface area contributed by atoms with Crippen molar-refractivity contribution in [2.75, 3.05) is 19.0 Å². The predicted molar refractivity (Wildman–Crippen MR) is 80.3 cm³/mol. The third-order valence-electron chi connectivity index (χ3n) is 4.17. The minimum absolute atomic E-state index is 0.00484. The molecule has 1 saturated heterocycles. The summed E-state index contributed by atoms with van der Waals surface area (Å²) in [6.45, 7) is 6.74. The van der Waals surface area contributed by atoms with Gasteiger partial charge in [-0.05, 0) is 32.8 Å². The molecule has 21 heavy (non-hydrogen) atoms. The molecule has 120 valence electrons. The van der Waals surface area contributed by atoms with Gasteiger partial charge in [0.25, 0.3) is 0 Å². The SMILES string of the molecule is CC1=CS(=O)(=O)CC1C(O)/C(C)=C\CCC1(C)OCCO1. The fourth-order valence-corrected chi connectivity index (χ4v) is 4.63. The number of allylic oxidation sites excluding steroid dienone is 1. The second kappa shape index (κ2) is 6.20. The molecule has 0 aromatic rings. The van der Waals surface area contributed by atoms with Crippen LogP contribution in [0.25, 0.3) is 0 Å². The van der Waals surface area contributed by atoms with Gasteiger partial charge in [-0.3, -0.25) is 0 Å². The molecule has 2 rings (SSSR count). The largest absolute Gasteiger partial charge is 0.388 e. The molecular formula is C15H24O5S. The Morgan fingerprint density at radius 1 is 1.52 bits per heavy atom. The number of sulfone groups is 1. The molecule has 1 fully saturated rings. The number of aliphatic hydroxyl groups is 1. The lowest BCUT2D eigenvalue weighted by Gasteiger charge is -2.22. The van der Waals surface area contributed by atoms with Crippen LogP contribution in [0.4, 0.5) is 0 Å². The Hall–Kier alpha value is -0.690. The van der Waals surface area contributed by atoms with Crippen molar-refractivity contribution in [3.63, 3.8) is 0 Å². The second-order valence-corrected chi connectivity index (χ2v) is 7.96. The van der Waals surface area contributed by atoms with E-state index in [0.717, 1.165) is 24.0 Å². The fraction of sp³-hybridized carbons (Fsp3) is 0.733. The van der Waals surface area contributed by atoms with Gasteiger partial charge < -0.3 is 14.6 Å². The number of hydrogen-bond acceptors (Lipinski definition) is 5. The van der Waals surface area contributed by atoms with Gasteiger partial charge in [0.2, 0.25) is 0 Å². The van der Waals surface area contributed by atoms with Crippen LogP contribution in [-0.2, 0) is 19.3 Å². The van der Waals surface area contributed by atoms with Crippen molar-refractivity contribution in [1.82, 2.24) is 0 Å². The first-order valence-corrected chi connectivity index (χ1v) is 8.98. The van der Waals surface area contributed by atoms with Crippen molar-refractivity contribution in [2.24, 2.45) is 5.92 Å². The zero-order valence-electron chi connectivity index (χ0n) is 12.8. The van der Waals surface area contributed by atoms with Gasteiger partial charge in [0.1, 0.15) is 0 Å². The topological polar surface area (TPSA) is 72.8 Å². The Kier molecular flexibility index (Phi) is 4.92. The Bertz CT molecular complexity index is 540. The van der Waals surface area contributed by atoms with Crippen LogP contribution in [0.3, 0.4) is 0 Å². The second-order valence-electron chi connectivity index (χ2n) is 6.06. The smallest absolute Gasteiger partial charge is 0.172 e. The highest BCUT2D eigenvalue weighted by Crippen LogP contribution is 2.30. The zero-order chi connectivity index (χ0) is 15.7. The molecule has 6 heteroatoms. The van der Waals surface area contributed by atoms with E-state index in [2.05, 4.69) is 0 Å². The summed E-state index contributed by atoms with van der Waals surface area (Å²) in [7, 11) is -3.16. The summed E-state index contributed by atoms with van der Waals surface area (Å²) in [6, 6.07) is 0. The van der Waals surface area contributed by atoms with Crippen LogP contribution in [0.5, 0.6) is 0 Å². The Balaban J connectivity index is 1.92. The Morgan fingerprint density at radius 3 is 2.67 bits per heavy atom. The third kappa shape index (κ3) is 4.16.